The highest BCUT2D eigenvalue weighted by molar-refractivity contribution is 7.99. The minimum Gasteiger partial charge on any atom is -0.392 e. The van der Waals surface area contributed by atoms with E-state index >= 15 is 0 Å². The average Bonchev–Trinajstić information content (AvgIpc) is 2.38. The second-order valence-electron chi connectivity index (χ2n) is 3.75. The molecule has 0 aliphatic heterocycles. The number of hydrogen-bond donors (Lipinski definition) is 2. The van der Waals surface area contributed by atoms with Gasteiger partial charge in [0.2, 0.25) is 10.0 Å². The number of benzene rings is 1. The lowest BCUT2D eigenvalue weighted by atomic mass is 10.2. The normalized spacial score (nSPS) is 11.7. The number of sulfonamides is 1. The second kappa shape index (κ2) is 7.78. The van der Waals surface area contributed by atoms with Crippen LogP contribution in [0.1, 0.15) is 18.9 Å². The van der Waals surface area contributed by atoms with Gasteiger partial charge in [-0.2, -0.15) is 11.8 Å². The molecule has 1 aromatic carbocycles. The van der Waals surface area contributed by atoms with Crippen molar-refractivity contribution in [2.75, 3.05) is 18.1 Å². The lowest BCUT2D eigenvalue weighted by Gasteiger charge is -2.07. The lowest BCUT2D eigenvalue weighted by Crippen LogP contribution is -2.25. The Morgan fingerprint density at radius 3 is 2.83 bits per heavy atom. The molecule has 0 aliphatic carbocycles. The molecule has 6 heteroatoms. The topological polar surface area (TPSA) is 66.4 Å². The standard InChI is InChI=1S/C12H19NO3S2/c1-2-17-8-4-7-13-18(15,16)12-6-3-5-11(9-12)10-14/h3,5-6,9,13-14H,2,4,7-8,10H2,1H3. The Morgan fingerprint density at radius 1 is 1.39 bits per heavy atom. The second-order valence-corrected chi connectivity index (χ2v) is 6.91. The summed E-state index contributed by atoms with van der Waals surface area (Å²) in [5.74, 6) is 2.00. The number of thioether (sulfide) groups is 1. The molecule has 0 saturated carbocycles. The lowest BCUT2D eigenvalue weighted by molar-refractivity contribution is 0.281. The molecule has 0 fully saturated rings. The van der Waals surface area contributed by atoms with Gasteiger partial charge in [0.25, 0.3) is 0 Å². The summed E-state index contributed by atoms with van der Waals surface area (Å²) >= 11 is 1.79. The molecule has 0 heterocycles. The van der Waals surface area contributed by atoms with Gasteiger partial charge in [0.15, 0.2) is 0 Å². The molecule has 0 unspecified atom stereocenters. The molecular formula is C12H19NO3S2. The Balaban J connectivity index is 2.57. The Morgan fingerprint density at radius 2 is 2.17 bits per heavy atom. The third-order valence-corrected chi connectivity index (χ3v) is 4.80. The summed E-state index contributed by atoms with van der Waals surface area (Å²) in [6.07, 6.45) is 0.817. The zero-order valence-corrected chi connectivity index (χ0v) is 12.1. The van der Waals surface area contributed by atoms with Gasteiger partial charge in [-0.15, -0.1) is 0 Å². The fraction of sp³-hybridized carbons (Fsp3) is 0.500. The van der Waals surface area contributed by atoms with Crippen LogP contribution in [0.3, 0.4) is 0 Å². The van der Waals surface area contributed by atoms with Crippen molar-refractivity contribution in [2.45, 2.75) is 24.8 Å². The van der Waals surface area contributed by atoms with Crippen molar-refractivity contribution in [1.29, 1.82) is 0 Å². The summed E-state index contributed by atoms with van der Waals surface area (Å²) in [4.78, 5) is 0.206. The van der Waals surface area contributed by atoms with Crippen molar-refractivity contribution >= 4 is 21.8 Å². The van der Waals surface area contributed by atoms with Gasteiger partial charge < -0.3 is 5.11 Å². The average molecular weight is 289 g/mol. The molecule has 0 amide bonds. The van der Waals surface area contributed by atoms with Crippen molar-refractivity contribution < 1.29 is 13.5 Å². The Kier molecular flexibility index (Phi) is 6.70. The molecule has 0 aromatic heterocycles. The van der Waals surface area contributed by atoms with Crippen LogP contribution in [0.15, 0.2) is 29.2 Å². The SMILES string of the molecule is CCSCCCNS(=O)(=O)c1cccc(CO)c1. The van der Waals surface area contributed by atoms with Crippen molar-refractivity contribution in [3.8, 4) is 0 Å². The van der Waals surface area contributed by atoms with E-state index in [0.29, 0.717) is 12.1 Å². The Bertz CT molecular complexity index is 460. The van der Waals surface area contributed by atoms with Crippen LogP contribution in [0.4, 0.5) is 0 Å². The molecule has 18 heavy (non-hydrogen) atoms. The minimum atomic E-state index is -3.45. The van der Waals surface area contributed by atoms with E-state index in [4.69, 9.17) is 5.11 Å². The van der Waals surface area contributed by atoms with E-state index in [1.165, 1.54) is 12.1 Å². The minimum absolute atomic E-state index is 0.156. The predicted molar refractivity (Wildman–Crippen MR) is 75.2 cm³/mol. The number of hydrogen-bond acceptors (Lipinski definition) is 4. The number of rotatable bonds is 8. The maximum absolute atomic E-state index is 11.9. The number of aliphatic hydroxyl groups is 1. The van der Waals surface area contributed by atoms with Gasteiger partial charge in [0.1, 0.15) is 0 Å². The third kappa shape index (κ3) is 4.97. The largest absolute Gasteiger partial charge is 0.392 e. The van der Waals surface area contributed by atoms with Crippen molar-refractivity contribution in [3.63, 3.8) is 0 Å². The summed E-state index contributed by atoms with van der Waals surface area (Å²) in [6, 6.07) is 6.34. The molecule has 0 atom stereocenters. The maximum atomic E-state index is 11.9. The first-order valence-electron chi connectivity index (χ1n) is 5.87. The van der Waals surface area contributed by atoms with Crippen LogP contribution < -0.4 is 4.72 Å². The maximum Gasteiger partial charge on any atom is 0.240 e. The first-order chi connectivity index (χ1) is 8.60. The van der Waals surface area contributed by atoms with Gasteiger partial charge in [0, 0.05) is 6.54 Å². The first kappa shape index (κ1) is 15.5. The Labute approximate surface area is 113 Å². The van der Waals surface area contributed by atoms with Gasteiger partial charge in [-0.25, -0.2) is 13.1 Å². The van der Waals surface area contributed by atoms with Gasteiger partial charge in [-0.1, -0.05) is 19.1 Å². The molecule has 102 valence electrons. The molecule has 0 saturated heterocycles. The zero-order valence-electron chi connectivity index (χ0n) is 10.4. The highest BCUT2D eigenvalue weighted by Crippen LogP contribution is 2.11. The zero-order chi connectivity index (χ0) is 13.4. The van der Waals surface area contributed by atoms with Crippen LogP contribution in [0.2, 0.25) is 0 Å². The first-order valence-corrected chi connectivity index (χ1v) is 8.51. The predicted octanol–water partition coefficient (Wildman–Crippen LogP) is 1.60. The molecule has 0 bridgehead atoms. The van der Waals surface area contributed by atoms with Crippen LogP contribution in [0.5, 0.6) is 0 Å². The van der Waals surface area contributed by atoms with E-state index in [9.17, 15) is 8.42 Å². The van der Waals surface area contributed by atoms with Crippen LogP contribution in [-0.2, 0) is 16.6 Å². The van der Waals surface area contributed by atoms with Gasteiger partial charge >= 0.3 is 0 Å². The summed E-state index contributed by atoms with van der Waals surface area (Å²) in [7, 11) is -3.45. The van der Waals surface area contributed by atoms with Crippen molar-refractivity contribution in [2.24, 2.45) is 0 Å². The monoisotopic (exact) mass is 289 g/mol. The molecule has 4 nitrogen and oxygen atoms in total. The van der Waals surface area contributed by atoms with E-state index in [-0.39, 0.29) is 11.5 Å². The molecule has 1 aromatic rings. The van der Waals surface area contributed by atoms with E-state index in [1.54, 1.807) is 23.9 Å². The van der Waals surface area contributed by atoms with Crippen LogP contribution in [0, 0.1) is 0 Å². The van der Waals surface area contributed by atoms with E-state index in [1.807, 2.05) is 0 Å². The summed E-state index contributed by atoms with van der Waals surface area (Å²) in [5.41, 5.74) is 0.597. The summed E-state index contributed by atoms with van der Waals surface area (Å²) in [5, 5.41) is 8.98. The van der Waals surface area contributed by atoms with Gasteiger partial charge in [-0.3, -0.25) is 0 Å². The smallest absolute Gasteiger partial charge is 0.240 e. The van der Waals surface area contributed by atoms with Crippen molar-refractivity contribution in [1.82, 2.24) is 4.72 Å². The third-order valence-electron chi connectivity index (χ3n) is 2.35. The fourth-order valence-corrected chi connectivity index (χ4v) is 3.20. The molecule has 0 aliphatic rings. The Hall–Kier alpha value is -0.560. The quantitative estimate of drug-likeness (QED) is 0.713. The summed E-state index contributed by atoms with van der Waals surface area (Å²) in [6.45, 7) is 2.37. The molecule has 0 spiro atoms. The molecule has 1 rings (SSSR count). The highest BCUT2D eigenvalue weighted by atomic mass is 32.2. The van der Waals surface area contributed by atoms with Crippen LogP contribution in [0.25, 0.3) is 0 Å². The van der Waals surface area contributed by atoms with E-state index < -0.39 is 10.0 Å². The van der Waals surface area contributed by atoms with Crippen molar-refractivity contribution in [3.05, 3.63) is 29.8 Å². The summed E-state index contributed by atoms with van der Waals surface area (Å²) < 4.78 is 26.4. The van der Waals surface area contributed by atoms with E-state index in [2.05, 4.69) is 11.6 Å². The van der Waals surface area contributed by atoms with Gasteiger partial charge in [0.05, 0.1) is 11.5 Å². The molecular weight excluding hydrogens is 270 g/mol. The number of aliphatic hydroxyl groups excluding tert-OH is 1. The molecule has 0 radical (unpaired) electrons. The molecule has 2 N–H and O–H groups in total. The van der Waals surface area contributed by atoms with E-state index in [0.717, 1.165) is 17.9 Å². The van der Waals surface area contributed by atoms with Gasteiger partial charge in [-0.05, 0) is 35.6 Å². The van der Waals surface area contributed by atoms with Crippen LogP contribution in [-0.4, -0.2) is 31.6 Å². The van der Waals surface area contributed by atoms with Crippen LogP contribution >= 0.6 is 11.8 Å². The fourth-order valence-electron chi connectivity index (χ4n) is 1.42. The number of nitrogens with one attached hydrogen (secondary N) is 1. The highest BCUT2D eigenvalue weighted by Gasteiger charge is 2.13.